The Kier molecular flexibility index (Phi) is 12.8. The first kappa shape index (κ1) is 36.9. The van der Waals surface area contributed by atoms with Crippen molar-refractivity contribution in [3.8, 4) is 23.0 Å². The molecule has 2 fully saturated rings. The molecule has 14 nitrogen and oxygen atoms in total. The molecule has 14 heteroatoms. The molecule has 0 heterocycles. The Labute approximate surface area is 285 Å². The van der Waals surface area contributed by atoms with Crippen LogP contribution in [0.15, 0.2) is 36.4 Å². The molecule has 0 N–H and O–H groups in total. The number of hydrogen-bond donors (Lipinski definition) is 0. The molecule has 0 aliphatic heterocycles. The molecule has 4 rings (SSSR count). The van der Waals surface area contributed by atoms with Crippen LogP contribution in [-0.4, -0.2) is 64.9 Å². The predicted molar refractivity (Wildman–Crippen MR) is 170 cm³/mol. The van der Waals surface area contributed by atoms with Crippen LogP contribution < -0.4 is 18.9 Å². The molecule has 2 aliphatic rings. The van der Waals surface area contributed by atoms with Gasteiger partial charge in [0.15, 0.2) is 0 Å². The maximum absolute atomic E-state index is 12.5. The topological polar surface area (TPSA) is 161 Å². The third kappa shape index (κ3) is 9.18. The second-order valence-corrected chi connectivity index (χ2v) is 12.5. The first-order valence-corrected chi connectivity index (χ1v) is 16.1. The average molecular weight is 689 g/mol. The van der Waals surface area contributed by atoms with Crippen LogP contribution in [0.4, 0.5) is 9.59 Å². The van der Waals surface area contributed by atoms with Crippen LogP contribution in [0.3, 0.4) is 0 Å². The number of rotatable bonds is 10. The van der Waals surface area contributed by atoms with Crippen molar-refractivity contribution in [2.24, 2.45) is 17.3 Å². The van der Waals surface area contributed by atoms with Gasteiger partial charge in [-0.25, -0.2) is 29.1 Å². The van der Waals surface area contributed by atoms with Gasteiger partial charge in [-0.2, -0.15) is 9.59 Å². The van der Waals surface area contributed by atoms with Crippen molar-refractivity contribution in [1.29, 1.82) is 0 Å². The highest BCUT2D eigenvalue weighted by atomic mass is 17.2. The molecule has 2 aliphatic carbocycles. The lowest BCUT2D eigenvalue weighted by molar-refractivity contribution is -0.209. The maximum atomic E-state index is 12.5. The van der Waals surface area contributed by atoms with E-state index in [1.54, 1.807) is 36.4 Å². The highest BCUT2D eigenvalue weighted by Gasteiger charge is 2.42. The monoisotopic (exact) mass is 688 g/mol. The summed E-state index contributed by atoms with van der Waals surface area (Å²) in [4.78, 5) is 68.5. The maximum Gasteiger partial charge on any atom is 0.550 e. The van der Waals surface area contributed by atoms with Crippen molar-refractivity contribution in [2.75, 3.05) is 28.4 Å². The lowest BCUT2D eigenvalue weighted by Gasteiger charge is -2.46. The van der Waals surface area contributed by atoms with E-state index in [4.69, 9.17) is 38.2 Å². The van der Waals surface area contributed by atoms with Crippen molar-refractivity contribution in [3.63, 3.8) is 0 Å². The third-order valence-electron chi connectivity index (χ3n) is 9.61. The quantitative estimate of drug-likeness (QED) is 0.142. The van der Waals surface area contributed by atoms with E-state index in [0.717, 1.165) is 25.7 Å². The lowest BCUT2D eigenvalue weighted by atomic mass is 9.60. The Morgan fingerprint density at radius 2 is 0.816 bits per heavy atom. The molecule has 0 unspecified atom stereocenters. The van der Waals surface area contributed by atoms with Crippen LogP contribution in [0.1, 0.15) is 85.9 Å². The van der Waals surface area contributed by atoms with Gasteiger partial charge in [0.2, 0.25) is 0 Å². The normalized spacial score (nSPS) is 20.5. The fourth-order valence-corrected chi connectivity index (χ4v) is 6.83. The first-order valence-electron chi connectivity index (χ1n) is 16.1. The highest BCUT2D eigenvalue weighted by Crippen LogP contribution is 2.49. The number of hydrogen-bond acceptors (Lipinski definition) is 14. The Morgan fingerprint density at radius 3 is 1.10 bits per heavy atom. The molecule has 0 bridgehead atoms. The summed E-state index contributed by atoms with van der Waals surface area (Å²) < 4.78 is 31.6. The van der Waals surface area contributed by atoms with E-state index in [1.165, 1.54) is 28.4 Å². The Balaban J connectivity index is 1.17. The number of benzene rings is 2. The highest BCUT2D eigenvalue weighted by molar-refractivity contribution is 5.96. The summed E-state index contributed by atoms with van der Waals surface area (Å²) >= 11 is 0. The Hall–Kier alpha value is -4.88. The van der Waals surface area contributed by atoms with E-state index >= 15 is 0 Å². The molecule has 0 saturated heterocycles. The van der Waals surface area contributed by atoms with Crippen molar-refractivity contribution >= 4 is 24.2 Å². The minimum atomic E-state index is -1.10. The van der Waals surface area contributed by atoms with Gasteiger partial charge in [0.1, 0.15) is 46.3 Å². The SMILES string of the molecule is COc1cccc(OC)c1C(=O)OOC(=O)OC1CCC(C(C)(C)C2CCC(OC(=O)OOC(=O)c3c(OC)cccc3OC)CC2)CC1. The molecule has 0 aromatic heterocycles. The van der Waals surface area contributed by atoms with Gasteiger partial charge in [0, 0.05) is 0 Å². The van der Waals surface area contributed by atoms with Crippen molar-refractivity contribution < 1.29 is 67.1 Å². The molecule has 2 aromatic rings. The second kappa shape index (κ2) is 17.0. The molecule has 2 saturated carbocycles. The lowest BCUT2D eigenvalue weighted by Crippen LogP contribution is -2.39. The Morgan fingerprint density at radius 1 is 0.510 bits per heavy atom. The third-order valence-corrected chi connectivity index (χ3v) is 9.61. The molecule has 49 heavy (non-hydrogen) atoms. The number of methoxy groups -OCH3 is 4. The van der Waals surface area contributed by atoms with E-state index < -0.39 is 24.2 Å². The predicted octanol–water partition coefficient (Wildman–Crippen LogP) is 7.02. The second-order valence-electron chi connectivity index (χ2n) is 12.5. The summed E-state index contributed by atoms with van der Waals surface area (Å²) in [6, 6.07) is 9.50. The molecule has 0 atom stereocenters. The van der Waals surface area contributed by atoms with Gasteiger partial charge in [-0.3, -0.25) is 0 Å². The molecular formula is C35H44O14. The average Bonchev–Trinajstić information content (AvgIpc) is 3.12. The summed E-state index contributed by atoms with van der Waals surface area (Å²) in [6.45, 7) is 4.51. The van der Waals surface area contributed by atoms with Crippen molar-refractivity contribution in [2.45, 2.75) is 77.4 Å². The first-order chi connectivity index (χ1) is 23.5. The summed E-state index contributed by atoms with van der Waals surface area (Å²) in [5.74, 6) is -0.320. The number of carbonyl (C=O) groups is 4. The standard InChI is InChI=1S/C35H44O14/c1-35(2,21-13-17-23(18-14-21)44-33(38)48-46-31(36)29-25(40-3)9-7-10-26(29)41-4)22-15-19-24(20-16-22)45-34(39)49-47-32(37)30-27(42-5)11-8-12-28(30)43-6/h7-12,21-24H,13-20H2,1-6H3. The van der Waals surface area contributed by atoms with E-state index in [9.17, 15) is 19.2 Å². The minimum Gasteiger partial charge on any atom is -0.496 e. The van der Waals surface area contributed by atoms with Crippen molar-refractivity contribution in [3.05, 3.63) is 47.5 Å². The Bertz CT molecular complexity index is 1300. The summed E-state index contributed by atoms with van der Waals surface area (Å²) in [5.41, 5.74) is -0.0461. The fourth-order valence-electron chi connectivity index (χ4n) is 6.83. The van der Waals surface area contributed by atoms with E-state index in [2.05, 4.69) is 23.6 Å². The number of ether oxygens (including phenoxy) is 6. The molecule has 268 valence electrons. The molecule has 0 radical (unpaired) electrons. The summed E-state index contributed by atoms with van der Waals surface area (Å²) in [6.07, 6.45) is 2.99. The van der Waals surface area contributed by atoms with Crippen LogP contribution in [0.5, 0.6) is 23.0 Å². The largest absolute Gasteiger partial charge is 0.550 e. The minimum absolute atomic E-state index is 0.0103. The summed E-state index contributed by atoms with van der Waals surface area (Å²) in [7, 11) is 5.57. The molecular weight excluding hydrogens is 644 g/mol. The van der Waals surface area contributed by atoms with Gasteiger partial charge < -0.3 is 28.4 Å². The van der Waals surface area contributed by atoms with Crippen LogP contribution >= 0.6 is 0 Å². The smallest absolute Gasteiger partial charge is 0.496 e. The zero-order valence-corrected chi connectivity index (χ0v) is 28.6. The van der Waals surface area contributed by atoms with E-state index in [-0.39, 0.29) is 51.7 Å². The molecule has 0 spiro atoms. The molecule has 2 aromatic carbocycles. The van der Waals surface area contributed by atoms with Gasteiger partial charge in [-0.05, 0) is 92.9 Å². The van der Waals surface area contributed by atoms with Crippen LogP contribution in [0.25, 0.3) is 0 Å². The van der Waals surface area contributed by atoms with Crippen molar-refractivity contribution in [1.82, 2.24) is 0 Å². The van der Waals surface area contributed by atoms with E-state index in [1.807, 2.05) is 0 Å². The zero-order chi connectivity index (χ0) is 35.6. The van der Waals surface area contributed by atoms with Gasteiger partial charge >= 0.3 is 24.2 Å². The van der Waals surface area contributed by atoms with Gasteiger partial charge in [-0.15, -0.1) is 0 Å². The van der Waals surface area contributed by atoms with Crippen LogP contribution in [0, 0.1) is 17.3 Å². The molecule has 0 amide bonds. The zero-order valence-electron chi connectivity index (χ0n) is 28.6. The van der Waals surface area contributed by atoms with Crippen LogP contribution in [0.2, 0.25) is 0 Å². The van der Waals surface area contributed by atoms with Gasteiger partial charge in [-0.1, -0.05) is 26.0 Å². The van der Waals surface area contributed by atoms with E-state index in [0.29, 0.717) is 37.5 Å². The van der Waals surface area contributed by atoms with Crippen LogP contribution in [-0.2, 0) is 29.0 Å². The summed E-state index contributed by atoms with van der Waals surface area (Å²) in [5, 5.41) is 0. The number of carbonyl (C=O) groups excluding carboxylic acids is 4. The van der Waals surface area contributed by atoms with Gasteiger partial charge in [0.25, 0.3) is 0 Å². The fraction of sp³-hybridized carbons (Fsp3) is 0.543. The van der Waals surface area contributed by atoms with Gasteiger partial charge in [0.05, 0.1) is 28.4 Å².